The van der Waals surface area contributed by atoms with Crippen LogP contribution < -0.4 is 0 Å². The Morgan fingerprint density at radius 2 is 1.48 bits per heavy atom. The summed E-state index contributed by atoms with van der Waals surface area (Å²) in [5.74, 6) is -2.07. The first-order chi connectivity index (χ1) is 11.5. The van der Waals surface area contributed by atoms with Gasteiger partial charge in [-0.05, 0) is 30.7 Å². The number of aliphatic carboxylic acids is 2. The van der Waals surface area contributed by atoms with Crippen LogP contribution in [-0.4, -0.2) is 22.2 Å². The molecule has 1 rings (SSSR count). The van der Waals surface area contributed by atoms with Gasteiger partial charge in [-0.2, -0.15) is 0 Å². The van der Waals surface area contributed by atoms with Crippen LogP contribution in [0.5, 0.6) is 0 Å². The lowest BCUT2D eigenvalue weighted by molar-refractivity contribution is -0.186. The maximum absolute atomic E-state index is 12.6. The molecule has 2 unspecified atom stereocenters. The van der Waals surface area contributed by atoms with Crippen molar-refractivity contribution in [2.45, 2.75) is 66.7 Å². The van der Waals surface area contributed by atoms with E-state index < -0.39 is 28.2 Å². The highest BCUT2D eigenvalue weighted by Crippen LogP contribution is 2.56. The third kappa shape index (κ3) is 4.05. The summed E-state index contributed by atoms with van der Waals surface area (Å²) in [4.78, 5) is 24.9. The van der Waals surface area contributed by atoms with Crippen molar-refractivity contribution in [2.24, 2.45) is 16.2 Å². The van der Waals surface area contributed by atoms with Crippen molar-refractivity contribution in [3.05, 3.63) is 35.9 Å². The second-order valence-corrected chi connectivity index (χ2v) is 8.19. The van der Waals surface area contributed by atoms with Crippen molar-refractivity contribution in [1.82, 2.24) is 0 Å². The van der Waals surface area contributed by atoms with Crippen molar-refractivity contribution >= 4 is 11.9 Å². The summed E-state index contributed by atoms with van der Waals surface area (Å²) in [5.41, 5.74) is -2.63. The standard InChI is InChI=1S/C21H32O4/c1-6-7-11-14-21(18(24)25,15-16-12-9-8-10-13-16)20(5,17(22)23)19(2,3)4/h8-10,12-13H,6-7,11,14-15H2,1-5H3,(H,22,23)(H,24,25). The van der Waals surface area contributed by atoms with E-state index in [1.54, 1.807) is 6.92 Å². The zero-order valence-corrected chi connectivity index (χ0v) is 16.1. The fourth-order valence-electron chi connectivity index (χ4n) is 3.78. The number of hydrogen-bond acceptors (Lipinski definition) is 2. The fourth-order valence-corrected chi connectivity index (χ4v) is 3.78. The molecule has 0 aliphatic carbocycles. The van der Waals surface area contributed by atoms with E-state index >= 15 is 0 Å². The number of carboxylic acids is 2. The van der Waals surface area contributed by atoms with Gasteiger partial charge in [-0.25, -0.2) is 0 Å². The topological polar surface area (TPSA) is 74.6 Å². The average Bonchev–Trinajstić information content (AvgIpc) is 2.52. The zero-order valence-electron chi connectivity index (χ0n) is 16.1. The lowest BCUT2D eigenvalue weighted by atomic mass is 9.50. The van der Waals surface area contributed by atoms with Gasteiger partial charge in [0.25, 0.3) is 0 Å². The molecule has 0 aliphatic rings. The molecular formula is C21H32O4. The fraction of sp³-hybridized carbons (Fsp3) is 0.619. The molecule has 4 nitrogen and oxygen atoms in total. The number of hydrogen-bond donors (Lipinski definition) is 2. The molecule has 0 heterocycles. The predicted octanol–water partition coefficient (Wildman–Crippen LogP) is 5.02. The molecule has 2 N–H and O–H groups in total. The number of rotatable bonds is 9. The molecule has 1 aromatic rings. The van der Waals surface area contributed by atoms with Crippen molar-refractivity contribution in [3.63, 3.8) is 0 Å². The van der Waals surface area contributed by atoms with E-state index in [0.29, 0.717) is 12.8 Å². The molecule has 0 aliphatic heterocycles. The molecule has 0 amide bonds. The molecule has 1 aromatic carbocycles. The zero-order chi connectivity index (χ0) is 19.3. The summed E-state index contributed by atoms with van der Waals surface area (Å²) in [6.07, 6.45) is 3.12. The Balaban J connectivity index is 3.56. The Morgan fingerprint density at radius 3 is 1.88 bits per heavy atom. The third-order valence-electron chi connectivity index (χ3n) is 5.85. The first-order valence-electron chi connectivity index (χ1n) is 9.03. The van der Waals surface area contributed by atoms with E-state index in [9.17, 15) is 19.8 Å². The van der Waals surface area contributed by atoms with Crippen molar-refractivity contribution in [1.29, 1.82) is 0 Å². The van der Waals surface area contributed by atoms with Gasteiger partial charge in [0, 0.05) is 0 Å². The molecule has 25 heavy (non-hydrogen) atoms. The molecule has 2 atom stereocenters. The van der Waals surface area contributed by atoms with Crippen LogP contribution >= 0.6 is 0 Å². The van der Waals surface area contributed by atoms with Crippen LogP contribution in [0.15, 0.2) is 30.3 Å². The summed E-state index contributed by atoms with van der Waals surface area (Å²) in [6.45, 7) is 9.13. The van der Waals surface area contributed by atoms with Gasteiger partial charge in [-0.15, -0.1) is 0 Å². The third-order valence-corrected chi connectivity index (χ3v) is 5.85. The summed E-state index contributed by atoms with van der Waals surface area (Å²) >= 11 is 0. The molecule has 0 saturated heterocycles. The van der Waals surface area contributed by atoms with E-state index in [1.165, 1.54) is 0 Å². The maximum atomic E-state index is 12.6. The SMILES string of the molecule is CCCCCC(Cc1ccccc1)(C(=O)O)C(C)(C(=O)O)C(C)(C)C. The van der Waals surface area contributed by atoms with Gasteiger partial charge in [0.2, 0.25) is 0 Å². The normalized spacial score (nSPS) is 16.7. The van der Waals surface area contributed by atoms with E-state index in [0.717, 1.165) is 18.4 Å². The lowest BCUT2D eigenvalue weighted by Crippen LogP contribution is -2.58. The number of benzene rings is 1. The molecule has 4 heteroatoms. The van der Waals surface area contributed by atoms with Crippen LogP contribution in [0.25, 0.3) is 0 Å². The Kier molecular flexibility index (Phi) is 6.81. The minimum absolute atomic E-state index is 0.215. The largest absolute Gasteiger partial charge is 0.481 e. The monoisotopic (exact) mass is 348 g/mol. The highest BCUT2D eigenvalue weighted by molar-refractivity contribution is 5.87. The molecule has 0 spiro atoms. The predicted molar refractivity (Wildman–Crippen MR) is 99.6 cm³/mol. The van der Waals surface area contributed by atoms with Crippen LogP contribution in [0.4, 0.5) is 0 Å². The smallest absolute Gasteiger partial charge is 0.311 e. The van der Waals surface area contributed by atoms with Gasteiger partial charge in [0.15, 0.2) is 0 Å². The van der Waals surface area contributed by atoms with Gasteiger partial charge in [-0.1, -0.05) is 77.3 Å². The average molecular weight is 348 g/mol. The van der Waals surface area contributed by atoms with Crippen molar-refractivity contribution in [2.75, 3.05) is 0 Å². The minimum Gasteiger partial charge on any atom is -0.481 e. The Morgan fingerprint density at radius 1 is 0.920 bits per heavy atom. The number of unbranched alkanes of at least 4 members (excludes halogenated alkanes) is 2. The van der Waals surface area contributed by atoms with E-state index in [4.69, 9.17) is 0 Å². The second kappa shape index (κ2) is 8.03. The molecule has 0 saturated carbocycles. The molecule has 0 radical (unpaired) electrons. The summed E-state index contributed by atoms with van der Waals surface area (Å²) in [5, 5.41) is 20.4. The Labute approximate surface area is 151 Å². The van der Waals surface area contributed by atoms with Crippen LogP contribution in [0.2, 0.25) is 0 Å². The van der Waals surface area contributed by atoms with Gasteiger partial charge in [-0.3, -0.25) is 9.59 Å². The van der Waals surface area contributed by atoms with E-state index in [1.807, 2.05) is 51.1 Å². The first kappa shape index (κ1) is 21.2. The molecule has 0 fully saturated rings. The maximum Gasteiger partial charge on any atom is 0.311 e. The highest BCUT2D eigenvalue weighted by Gasteiger charge is 2.63. The van der Waals surface area contributed by atoms with Crippen molar-refractivity contribution < 1.29 is 19.8 Å². The number of carboxylic acid groups (broad SMARTS) is 2. The first-order valence-corrected chi connectivity index (χ1v) is 9.03. The molecule has 0 bridgehead atoms. The summed E-state index contributed by atoms with van der Waals surface area (Å²) in [6, 6.07) is 9.36. The Hall–Kier alpha value is -1.84. The lowest BCUT2D eigenvalue weighted by Gasteiger charge is -2.50. The highest BCUT2D eigenvalue weighted by atomic mass is 16.4. The molecule has 0 aromatic heterocycles. The summed E-state index contributed by atoms with van der Waals surface area (Å²) in [7, 11) is 0. The van der Waals surface area contributed by atoms with Gasteiger partial charge < -0.3 is 10.2 Å². The quantitative estimate of drug-likeness (QED) is 0.615. The van der Waals surface area contributed by atoms with Crippen LogP contribution in [-0.2, 0) is 16.0 Å². The van der Waals surface area contributed by atoms with E-state index in [-0.39, 0.29) is 6.42 Å². The van der Waals surface area contributed by atoms with Crippen LogP contribution in [0.3, 0.4) is 0 Å². The van der Waals surface area contributed by atoms with Crippen LogP contribution in [0.1, 0.15) is 65.9 Å². The van der Waals surface area contributed by atoms with Crippen LogP contribution in [0, 0.1) is 16.2 Å². The van der Waals surface area contributed by atoms with E-state index in [2.05, 4.69) is 6.92 Å². The molecule has 140 valence electrons. The number of carbonyl (C=O) groups is 2. The van der Waals surface area contributed by atoms with Gasteiger partial charge >= 0.3 is 11.9 Å². The minimum atomic E-state index is -1.41. The van der Waals surface area contributed by atoms with Gasteiger partial charge in [0.1, 0.15) is 0 Å². The van der Waals surface area contributed by atoms with Crippen molar-refractivity contribution in [3.8, 4) is 0 Å². The molecular weight excluding hydrogens is 316 g/mol. The summed E-state index contributed by atoms with van der Waals surface area (Å²) < 4.78 is 0. The Bertz CT molecular complexity index is 588. The van der Waals surface area contributed by atoms with Gasteiger partial charge in [0.05, 0.1) is 10.8 Å². The second-order valence-electron chi connectivity index (χ2n) is 8.19.